The van der Waals surface area contributed by atoms with E-state index in [0.717, 1.165) is 11.1 Å². The molecule has 0 bridgehead atoms. The number of fused-ring (bicyclic) bond motifs is 1. The molecule has 0 fully saturated rings. The van der Waals surface area contributed by atoms with Crippen LogP contribution < -0.4 is 0 Å². The summed E-state index contributed by atoms with van der Waals surface area (Å²) >= 11 is 0. The van der Waals surface area contributed by atoms with E-state index in [4.69, 9.17) is 4.74 Å². The molecule has 0 saturated heterocycles. The van der Waals surface area contributed by atoms with Crippen LogP contribution in [0, 0.1) is 5.82 Å². The number of ether oxygens (including phenoxy) is 1. The summed E-state index contributed by atoms with van der Waals surface area (Å²) in [6.07, 6.45) is 2.39. The van der Waals surface area contributed by atoms with E-state index in [1.807, 2.05) is 10.6 Å². The van der Waals surface area contributed by atoms with Crippen molar-refractivity contribution in [3.8, 4) is 0 Å². The van der Waals surface area contributed by atoms with E-state index in [1.54, 1.807) is 30.5 Å². The summed E-state index contributed by atoms with van der Waals surface area (Å²) in [5.41, 5.74) is 2.54. The Morgan fingerprint density at radius 3 is 2.83 bits per heavy atom. The normalized spacial score (nSPS) is 10.7. The monoisotopic (exact) mass is 311 g/mol. The van der Waals surface area contributed by atoms with E-state index in [1.165, 1.54) is 19.2 Å². The number of aromatic nitrogens is 1. The molecule has 3 aromatic rings. The summed E-state index contributed by atoms with van der Waals surface area (Å²) in [5.74, 6) is -0.786. The number of hydrogen-bond acceptors (Lipinski definition) is 3. The molecule has 5 heteroatoms. The molecule has 0 aliphatic carbocycles. The highest BCUT2D eigenvalue weighted by molar-refractivity contribution is 5.97. The molecule has 0 atom stereocenters. The van der Waals surface area contributed by atoms with Crippen LogP contribution in [0.2, 0.25) is 0 Å². The number of carbonyl (C=O) groups excluding carboxylic acids is 2. The minimum Gasteiger partial charge on any atom is -0.465 e. The van der Waals surface area contributed by atoms with Crippen molar-refractivity contribution in [3.05, 3.63) is 71.2 Å². The second-order valence-electron chi connectivity index (χ2n) is 5.18. The standard InChI is InChI=1S/C18H14FNO3/c1-23-18(22)13-4-2-3-12(7-13)9-20-10-14(11-21)16-8-15(19)5-6-17(16)20/h2-8,10-11H,9H2,1H3. The molecule has 1 aromatic heterocycles. The lowest BCUT2D eigenvalue weighted by Gasteiger charge is -2.07. The Bertz CT molecular complexity index is 898. The maximum Gasteiger partial charge on any atom is 0.337 e. The van der Waals surface area contributed by atoms with Crippen LogP contribution in [-0.4, -0.2) is 23.9 Å². The van der Waals surface area contributed by atoms with Crippen molar-refractivity contribution in [1.82, 2.24) is 4.57 Å². The number of rotatable bonds is 4. The molecule has 1 heterocycles. The van der Waals surface area contributed by atoms with Gasteiger partial charge in [-0.25, -0.2) is 9.18 Å². The Labute approximate surface area is 132 Å². The van der Waals surface area contributed by atoms with E-state index in [9.17, 15) is 14.0 Å². The highest BCUT2D eigenvalue weighted by Crippen LogP contribution is 2.22. The van der Waals surface area contributed by atoms with Crippen LogP contribution in [0.25, 0.3) is 10.9 Å². The van der Waals surface area contributed by atoms with Crippen molar-refractivity contribution in [2.45, 2.75) is 6.54 Å². The van der Waals surface area contributed by atoms with Gasteiger partial charge in [0.15, 0.2) is 6.29 Å². The smallest absolute Gasteiger partial charge is 0.337 e. The summed E-state index contributed by atoms with van der Waals surface area (Å²) < 4.78 is 20.0. The molecule has 3 rings (SSSR count). The maximum absolute atomic E-state index is 13.4. The molecule has 0 N–H and O–H groups in total. The lowest BCUT2D eigenvalue weighted by molar-refractivity contribution is 0.0600. The van der Waals surface area contributed by atoms with Crippen molar-refractivity contribution in [2.24, 2.45) is 0 Å². The van der Waals surface area contributed by atoms with E-state index in [2.05, 4.69) is 0 Å². The zero-order valence-electron chi connectivity index (χ0n) is 12.5. The number of halogens is 1. The van der Waals surface area contributed by atoms with Crippen LogP contribution in [0.3, 0.4) is 0 Å². The van der Waals surface area contributed by atoms with Crippen LogP contribution in [-0.2, 0) is 11.3 Å². The second-order valence-corrected chi connectivity index (χ2v) is 5.18. The first-order chi connectivity index (χ1) is 11.1. The number of carbonyl (C=O) groups is 2. The minimum atomic E-state index is -0.403. The van der Waals surface area contributed by atoms with Gasteiger partial charge in [-0.05, 0) is 35.9 Å². The van der Waals surface area contributed by atoms with Gasteiger partial charge in [0.25, 0.3) is 0 Å². The Balaban J connectivity index is 2.02. The molecule has 0 aliphatic heterocycles. The van der Waals surface area contributed by atoms with Gasteiger partial charge in [0.2, 0.25) is 0 Å². The van der Waals surface area contributed by atoms with Crippen molar-refractivity contribution in [1.29, 1.82) is 0 Å². The number of benzene rings is 2. The number of nitrogens with zero attached hydrogens (tertiary/aromatic N) is 1. The molecule has 116 valence electrons. The highest BCUT2D eigenvalue weighted by Gasteiger charge is 2.11. The zero-order valence-corrected chi connectivity index (χ0v) is 12.5. The third kappa shape index (κ3) is 2.85. The molecule has 0 saturated carbocycles. The summed E-state index contributed by atoms with van der Waals surface area (Å²) in [4.78, 5) is 22.8. The molecule has 0 radical (unpaired) electrons. The van der Waals surface area contributed by atoms with Crippen molar-refractivity contribution >= 4 is 23.2 Å². The van der Waals surface area contributed by atoms with Gasteiger partial charge >= 0.3 is 5.97 Å². The van der Waals surface area contributed by atoms with Crippen LogP contribution in [0.5, 0.6) is 0 Å². The topological polar surface area (TPSA) is 48.3 Å². The van der Waals surface area contributed by atoms with Gasteiger partial charge in [-0.1, -0.05) is 12.1 Å². The van der Waals surface area contributed by atoms with Crippen molar-refractivity contribution in [3.63, 3.8) is 0 Å². The van der Waals surface area contributed by atoms with Crippen LogP contribution in [0.1, 0.15) is 26.3 Å². The van der Waals surface area contributed by atoms with Crippen LogP contribution in [0.15, 0.2) is 48.7 Å². The largest absolute Gasteiger partial charge is 0.465 e. The fourth-order valence-corrected chi connectivity index (χ4v) is 2.63. The van der Waals surface area contributed by atoms with Crippen LogP contribution >= 0.6 is 0 Å². The predicted octanol–water partition coefficient (Wildman–Crippen LogP) is 3.43. The SMILES string of the molecule is COC(=O)c1cccc(Cn2cc(C=O)c3cc(F)ccc32)c1. The van der Waals surface area contributed by atoms with E-state index >= 15 is 0 Å². The Morgan fingerprint density at radius 2 is 2.09 bits per heavy atom. The first-order valence-electron chi connectivity index (χ1n) is 7.03. The predicted molar refractivity (Wildman–Crippen MR) is 84.2 cm³/mol. The lowest BCUT2D eigenvalue weighted by Crippen LogP contribution is -2.03. The van der Waals surface area contributed by atoms with Gasteiger partial charge in [-0.2, -0.15) is 0 Å². The second kappa shape index (κ2) is 6.04. The van der Waals surface area contributed by atoms with Crippen molar-refractivity contribution in [2.75, 3.05) is 7.11 Å². The van der Waals surface area contributed by atoms with Gasteiger partial charge in [0, 0.05) is 29.2 Å². The van der Waals surface area contributed by atoms with E-state index < -0.39 is 5.97 Å². The number of methoxy groups -OCH3 is 1. The fraction of sp³-hybridized carbons (Fsp3) is 0.111. The number of hydrogen-bond donors (Lipinski definition) is 0. The van der Waals surface area contributed by atoms with E-state index in [-0.39, 0.29) is 5.82 Å². The van der Waals surface area contributed by atoms with E-state index in [0.29, 0.717) is 29.3 Å². The average Bonchev–Trinajstić information content (AvgIpc) is 2.91. The zero-order chi connectivity index (χ0) is 16.4. The Morgan fingerprint density at radius 1 is 1.26 bits per heavy atom. The van der Waals surface area contributed by atoms with Gasteiger partial charge < -0.3 is 9.30 Å². The minimum absolute atomic E-state index is 0.383. The number of aldehydes is 1. The third-order valence-corrected chi connectivity index (χ3v) is 3.70. The van der Waals surface area contributed by atoms with Crippen LogP contribution in [0.4, 0.5) is 4.39 Å². The average molecular weight is 311 g/mol. The lowest BCUT2D eigenvalue weighted by atomic mass is 10.1. The molecule has 0 aliphatic rings. The highest BCUT2D eigenvalue weighted by atomic mass is 19.1. The summed E-state index contributed by atoms with van der Waals surface area (Å²) in [6.45, 7) is 0.459. The molecule has 23 heavy (non-hydrogen) atoms. The molecule has 4 nitrogen and oxygen atoms in total. The van der Waals surface area contributed by atoms with Gasteiger partial charge in [-0.3, -0.25) is 4.79 Å². The fourth-order valence-electron chi connectivity index (χ4n) is 2.63. The molecule has 0 spiro atoms. The maximum atomic E-state index is 13.4. The molecule has 2 aromatic carbocycles. The molecular formula is C18H14FNO3. The summed E-state index contributed by atoms with van der Waals surface area (Å²) in [5, 5.41) is 0.573. The first kappa shape index (κ1) is 15.0. The Hall–Kier alpha value is -2.95. The summed E-state index contributed by atoms with van der Waals surface area (Å²) in [6, 6.07) is 11.4. The number of esters is 1. The molecular weight excluding hydrogens is 297 g/mol. The summed E-state index contributed by atoms with van der Waals surface area (Å²) in [7, 11) is 1.33. The van der Waals surface area contributed by atoms with Gasteiger partial charge in [0.1, 0.15) is 5.82 Å². The molecule has 0 amide bonds. The van der Waals surface area contributed by atoms with Gasteiger partial charge in [0.05, 0.1) is 12.7 Å². The van der Waals surface area contributed by atoms with Gasteiger partial charge in [-0.15, -0.1) is 0 Å². The van der Waals surface area contributed by atoms with Crippen molar-refractivity contribution < 1.29 is 18.7 Å². The first-order valence-corrected chi connectivity index (χ1v) is 7.03. The third-order valence-electron chi connectivity index (χ3n) is 3.70. The molecule has 0 unspecified atom stereocenters. The quantitative estimate of drug-likeness (QED) is 0.548. The Kier molecular flexibility index (Phi) is 3.93.